The molecule has 0 bridgehead atoms. The Kier molecular flexibility index (Phi) is 4.30. The summed E-state index contributed by atoms with van der Waals surface area (Å²) in [5, 5.41) is 9.79. The van der Waals surface area contributed by atoms with Crippen LogP contribution >= 0.6 is 11.6 Å². The van der Waals surface area contributed by atoms with Crippen LogP contribution in [0.5, 0.6) is 0 Å². The van der Waals surface area contributed by atoms with Crippen LogP contribution in [-0.2, 0) is 6.61 Å². The van der Waals surface area contributed by atoms with Gasteiger partial charge in [0.1, 0.15) is 0 Å². The van der Waals surface area contributed by atoms with Gasteiger partial charge in [-0.2, -0.15) is 0 Å². The summed E-state index contributed by atoms with van der Waals surface area (Å²) in [4.78, 5) is 2.43. The van der Waals surface area contributed by atoms with E-state index in [9.17, 15) is 0 Å². The molecule has 0 saturated carbocycles. The largest absolute Gasteiger partial charge is 0.392 e. The lowest BCUT2D eigenvalue weighted by Crippen LogP contribution is -2.32. The molecule has 1 N–H and O–H groups in total. The first-order chi connectivity index (χ1) is 8.22. The maximum atomic E-state index is 9.12. The summed E-state index contributed by atoms with van der Waals surface area (Å²) in [7, 11) is 0. The van der Waals surface area contributed by atoms with Gasteiger partial charge in [0.05, 0.1) is 6.61 Å². The molecule has 0 radical (unpaired) electrons. The molecule has 0 spiro atoms. The molecule has 1 atom stereocenters. The van der Waals surface area contributed by atoms with Crippen molar-refractivity contribution in [2.75, 3.05) is 11.4 Å². The summed E-state index contributed by atoms with van der Waals surface area (Å²) >= 11 is 6.15. The van der Waals surface area contributed by atoms with Gasteiger partial charge in [0.25, 0.3) is 0 Å². The molecule has 2 nitrogen and oxygen atoms in total. The molecule has 1 aromatic carbocycles. The van der Waals surface area contributed by atoms with E-state index in [2.05, 4.69) is 17.9 Å². The van der Waals surface area contributed by atoms with Crippen LogP contribution < -0.4 is 4.90 Å². The number of aliphatic hydroxyl groups excluding tert-OH is 1. The number of aliphatic hydroxyl groups is 1. The minimum Gasteiger partial charge on any atom is -0.392 e. The lowest BCUT2D eigenvalue weighted by Gasteiger charge is -2.29. The highest BCUT2D eigenvalue weighted by Crippen LogP contribution is 2.28. The molecule has 2 rings (SSSR count). The highest BCUT2D eigenvalue weighted by Gasteiger charge is 2.17. The molecule has 0 amide bonds. The Bertz CT molecular complexity index is 380. The first-order valence-corrected chi connectivity index (χ1v) is 6.76. The Morgan fingerprint density at radius 3 is 2.88 bits per heavy atom. The predicted octanol–water partition coefficient (Wildman–Crippen LogP) is 3.60. The maximum absolute atomic E-state index is 9.12. The Labute approximate surface area is 108 Å². The minimum absolute atomic E-state index is 0.00860. The van der Waals surface area contributed by atoms with Crippen LogP contribution in [0.15, 0.2) is 18.2 Å². The maximum Gasteiger partial charge on any atom is 0.0696 e. The van der Waals surface area contributed by atoms with Gasteiger partial charge in [0.15, 0.2) is 0 Å². The van der Waals surface area contributed by atoms with Crippen molar-refractivity contribution in [2.45, 2.75) is 45.3 Å². The van der Waals surface area contributed by atoms with E-state index in [1.54, 1.807) is 0 Å². The smallest absolute Gasteiger partial charge is 0.0696 e. The van der Waals surface area contributed by atoms with Crippen molar-refractivity contribution in [3.05, 3.63) is 28.8 Å². The molecule has 1 heterocycles. The average molecular weight is 254 g/mol. The Hall–Kier alpha value is -0.730. The average Bonchev–Trinajstić information content (AvgIpc) is 2.54. The molecule has 1 saturated heterocycles. The molecular weight excluding hydrogens is 234 g/mol. The van der Waals surface area contributed by atoms with Gasteiger partial charge in [0, 0.05) is 23.3 Å². The van der Waals surface area contributed by atoms with Gasteiger partial charge in [-0.1, -0.05) is 30.5 Å². The first kappa shape index (κ1) is 12.7. The van der Waals surface area contributed by atoms with Crippen molar-refractivity contribution in [2.24, 2.45) is 0 Å². The summed E-state index contributed by atoms with van der Waals surface area (Å²) in [6.45, 7) is 3.39. The van der Waals surface area contributed by atoms with Gasteiger partial charge in [-0.05, 0) is 37.5 Å². The Morgan fingerprint density at radius 1 is 1.35 bits per heavy atom. The Morgan fingerprint density at radius 2 is 2.18 bits per heavy atom. The number of nitrogens with zero attached hydrogens (tertiary/aromatic N) is 1. The van der Waals surface area contributed by atoms with E-state index in [1.165, 1.54) is 31.4 Å². The number of benzene rings is 1. The fourth-order valence-corrected chi connectivity index (χ4v) is 2.74. The monoisotopic (exact) mass is 253 g/mol. The molecule has 94 valence electrons. The molecule has 3 heteroatoms. The topological polar surface area (TPSA) is 23.5 Å². The van der Waals surface area contributed by atoms with Crippen molar-refractivity contribution in [1.82, 2.24) is 0 Å². The molecule has 0 aromatic heterocycles. The third-order valence-electron chi connectivity index (χ3n) is 3.59. The van der Waals surface area contributed by atoms with Crippen LogP contribution in [0.1, 0.15) is 38.2 Å². The molecule has 17 heavy (non-hydrogen) atoms. The second-order valence-corrected chi connectivity index (χ2v) is 5.23. The zero-order chi connectivity index (χ0) is 12.3. The molecular formula is C14H20ClNO. The third kappa shape index (κ3) is 2.93. The van der Waals surface area contributed by atoms with Crippen LogP contribution in [0, 0.1) is 0 Å². The zero-order valence-electron chi connectivity index (χ0n) is 10.3. The van der Waals surface area contributed by atoms with E-state index in [1.807, 2.05) is 12.1 Å². The van der Waals surface area contributed by atoms with Crippen LogP contribution in [0.25, 0.3) is 0 Å². The van der Waals surface area contributed by atoms with Crippen molar-refractivity contribution in [1.29, 1.82) is 0 Å². The summed E-state index contributed by atoms with van der Waals surface area (Å²) < 4.78 is 0. The van der Waals surface area contributed by atoms with Crippen LogP contribution in [0.3, 0.4) is 0 Å². The van der Waals surface area contributed by atoms with Crippen LogP contribution in [0.4, 0.5) is 5.69 Å². The van der Waals surface area contributed by atoms with Gasteiger partial charge < -0.3 is 10.0 Å². The van der Waals surface area contributed by atoms with Gasteiger partial charge in [-0.25, -0.2) is 0 Å². The SMILES string of the molecule is CC1CCCCCN1c1ccc(CO)c(Cl)c1. The van der Waals surface area contributed by atoms with Crippen molar-refractivity contribution in [3.63, 3.8) is 0 Å². The summed E-state index contributed by atoms with van der Waals surface area (Å²) in [5.74, 6) is 0. The van der Waals surface area contributed by atoms with Crippen LogP contribution in [-0.4, -0.2) is 17.7 Å². The highest BCUT2D eigenvalue weighted by atomic mass is 35.5. The summed E-state index contributed by atoms with van der Waals surface area (Å²) in [6, 6.07) is 6.55. The van der Waals surface area contributed by atoms with Crippen molar-refractivity contribution in [3.8, 4) is 0 Å². The zero-order valence-corrected chi connectivity index (χ0v) is 11.1. The lowest BCUT2D eigenvalue weighted by atomic mass is 10.1. The fraction of sp³-hybridized carbons (Fsp3) is 0.571. The molecule has 1 unspecified atom stereocenters. The molecule has 1 aromatic rings. The third-order valence-corrected chi connectivity index (χ3v) is 3.94. The highest BCUT2D eigenvalue weighted by molar-refractivity contribution is 6.31. The molecule has 1 aliphatic heterocycles. The summed E-state index contributed by atoms with van der Waals surface area (Å²) in [6.07, 6.45) is 5.15. The standard InChI is InChI=1S/C14H20ClNO/c1-11-5-3-2-4-8-16(11)13-7-6-12(10-17)14(15)9-13/h6-7,9,11,17H,2-5,8,10H2,1H3. The van der Waals surface area contributed by atoms with Gasteiger partial charge in [-0.15, -0.1) is 0 Å². The van der Waals surface area contributed by atoms with Gasteiger partial charge >= 0.3 is 0 Å². The fourth-order valence-electron chi connectivity index (χ4n) is 2.50. The van der Waals surface area contributed by atoms with E-state index in [-0.39, 0.29) is 6.61 Å². The number of halogens is 1. The molecule has 1 fully saturated rings. The summed E-state index contributed by atoms with van der Waals surface area (Å²) in [5.41, 5.74) is 1.99. The van der Waals surface area contributed by atoms with Crippen molar-refractivity contribution < 1.29 is 5.11 Å². The lowest BCUT2D eigenvalue weighted by molar-refractivity contribution is 0.282. The molecule has 0 aliphatic carbocycles. The number of hydrogen-bond donors (Lipinski definition) is 1. The second kappa shape index (κ2) is 5.74. The van der Waals surface area contributed by atoms with E-state index in [0.29, 0.717) is 11.1 Å². The number of anilines is 1. The van der Waals surface area contributed by atoms with E-state index in [0.717, 1.165) is 12.1 Å². The quantitative estimate of drug-likeness (QED) is 0.871. The van der Waals surface area contributed by atoms with Crippen LogP contribution in [0.2, 0.25) is 5.02 Å². The number of hydrogen-bond acceptors (Lipinski definition) is 2. The van der Waals surface area contributed by atoms with E-state index < -0.39 is 0 Å². The number of rotatable bonds is 2. The van der Waals surface area contributed by atoms with Crippen molar-refractivity contribution >= 4 is 17.3 Å². The first-order valence-electron chi connectivity index (χ1n) is 6.38. The Balaban J connectivity index is 2.22. The van der Waals surface area contributed by atoms with E-state index in [4.69, 9.17) is 16.7 Å². The second-order valence-electron chi connectivity index (χ2n) is 4.83. The molecule has 1 aliphatic rings. The predicted molar refractivity (Wildman–Crippen MR) is 72.7 cm³/mol. The van der Waals surface area contributed by atoms with Gasteiger partial charge in [-0.3, -0.25) is 0 Å². The van der Waals surface area contributed by atoms with Gasteiger partial charge in [0.2, 0.25) is 0 Å². The van der Waals surface area contributed by atoms with E-state index >= 15 is 0 Å². The normalized spacial score (nSPS) is 21.4. The minimum atomic E-state index is 0.00860.